The van der Waals surface area contributed by atoms with Crippen LogP contribution in [0.25, 0.3) is 0 Å². The zero-order valence-electron chi connectivity index (χ0n) is 17.7. The molecule has 3 aliphatic rings. The Bertz CT molecular complexity index is 761. The molecule has 5 heteroatoms. The molecule has 0 unspecified atom stereocenters. The van der Waals surface area contributed by atoms with Crippen molar-refractivity contribution >= 4 is 5.91 Å². The second-order valence-corrected chi connectivity index (χ2v) is 9.32. The van der Waals surface area contributed by atoms with Crippen LogP contribution in [0, 0.1) is 22.7 Å². The van der Waals surface area contributed by atoms with E-state index < -0.39 is 0 Å². The van der Waals surface area contributed by atoms with Gasteiger partial charge in [-0.25, -0.2) is 0 Å². The molecule has 1 aromatic rings. The van der Waals surface area contributed by atoms with E-state index in [-0.39, 0.29) is 28.9 Å². The summed E-state index contributed by atoms with van der Waals surface area (Å²) in [6.45, 7) is 9.61. The van der Waals surface area contributed by atoms with E-state index in [1.807, 2.05) is 13.0 Å². The number of benzene rings is 1. The standard InChI is InChI=1S/C23H33NO4/c1-6-27-19-11-15(7-8-18(19)26-5)20-17-12-16-13-23(17,9-10-28-20)21(22(16,3)4)24-14(2)25/h7-8,11,16-17,20-21H,6,9-10,12-13H2,1-5H3,(H,24,25)/t16-,17-,20-,21+,23-/m1/s1. The number of amides is 1. The summed E-state index contributed by atoms with van der Waals surface area (Å²) >= 11 is 0. The molecule has 5 atom stereocenters. The quantitative estimate of drug-likeness (QED) is 0.826. The van der Waals surface area contributed by atoms with Crippen molar-refractivity contribution in [1.82, 2.24) is 5.32 Å². The molecule has 1 N–H and O–H groups in total. The molecule has 2 saturated carbocycles. The maximum Gasteiger partial charge on any atom is 0.217 e. The first-order valence-corrected chi connectivity index (χ1v) is 10.5. The molecule has 1 heterocycles. The van der Waals surface area contributed by atoms with Gasteiger partial charge < -0.3 is 19.5 Å². The topological polar surface area (TPSA) is 56.8 Å². The molecule has 5 nitrogen and oxygen atoms in total. The van der Waals surface area contributed by atoms with E-state index in [0.717, 1.165) is 36.5 Å². The summed E-state index contributed by atoms with van der Waals surface area (Å²) in [5, 5.41) is 3.34. The molecular formula is C23H33NO4. The molecule has 1 saturated heterocycles. The summed E-state index contributed by atoms with van der Waals surface area (Å²) in [4.78, 5) is 12.0. The molecule has 2 aliphatic carbocycles. The van der Waals surface area contributed by atoms with Crippen LogP contribution in [-0.4, -0.2) is 32.3 Å². The van der Waals surface area contributed by atoms with Crippen LogP contribution in [0.3, 0.4) is 0 Å². The van der Waals surface area contributed by atoms with E-state index in [9.17, 15) is 4.79 Å². The Kier molecular flexibility index (Phi) is 4.85. The summed E-state index contributed by atoms with van der Waals surface area (Å²) in [5.74, 6) is 2.63. The van der Waals surface area contributed by atoms with Crippen molar-refractivity contribution in [3.8, 4) is 11.5 Å². The largest absolute Gasteiger partial charge is 0.493 e. The fourth-order valence-electron chi connectivity index (χ4n) is 6.46. The van der Waals surface area contributed by atoms with E-state index in [1.54, 1.807) is 14.0 Å². The lowest BCUT2D eigenvalue weighted by Gasteiger charge is -2.53. The van der Waals surface area contributed by atoms with Gasteiger partial charge >= 0.3 is 0 Å². The molecule has 0 aromatic heterocycles. The van der Waals surface area contributed by atoms with Crippen LogP contribution in [0.2, 0.25) is 0 Å². The minimum atomic E-state index is 0.0382. The number of methoxy groups -OCH3 is 1. The average Bonchev–Trinajstić information content (AvgIpc) is 3.14. The van der Waals surface area contributed by atoms with Crippen molar-refractivity contribution in [2.45, 2.75) is 59.1 Å². The maximum absolute atomic E-state index is 12.0. The van der Waals surface area contributed by atoms with Crippen molar-refractivity contribution in [2.24, 2.45) is 22.7 Å². The van der Waals surface area contributed by atoms with Crippen molar-refractivity contribution < 1.29 is 19.0 Å². The smallest absolute Gasteiger partial charge is 0.217 e. The predicted molar refractivity (Wildman–Crippen MR) is 108 cm³/mol. The zero-order valence-corrected chi connectivity index (χ0v) is 17.7. The molecule has 3 fully saturated rings. The molecule has 28 heavy (non-hydrogen) atoms. The highest BCUT2D eigenvalue weighted by molar-refractivity contribution is 5.73. The summed E-state index contributed by atoms with van der Waals surface area (Å²) in [5.41, 5.74) is 1.40. The minimum absolute atomic E-state index is 0.0382. The number of nitrogens with one attached hydrogen (secondary N) is 1. The fraction of sp³-hybridized carbons (Fsp3) is 0.696. The van der Waals surface area contributed by atoms with Crippen LogP contribution >= 0.6 is 0 Å². The highest BCUT2D eigenvalue weighted by Crippen LogP contribution is 2.70. The van der Waals surface area contributed by atoms with Gasteiger partial charge in [0.25, 0.3) is 0 Å². The third-order valence-corrected chi connectivity index (χ3v) is 7.67. The molecule has 1 aliphatic heterocycles. The van der Waals surface area contributed by atoms with Crippen LogP contribution < -0.4 is 14.8 Å². The summed E-state index contributed by atoms with van der Waals surface area (Å²) in [7, 11) is 1.67. The first-order valence-electron chi connectivity index (χ1n) is 10.5. The number of carbonyl (C=O) groups is 1. The third kappa shape index (κ3) is 2.81. The molecule has 1 spiro atoms. The Labute approximate surface area is 168 Å². The van der Waals surface area contributed by atoms with Crippen LogP contribution in [0.15, 0.2) is 18.2 Å². The lowest BCUT2D eigenvalue weighted by molar-refractivity contribution is -0.136. The molecule has 1 aromatic carbocycles. The predicted octanol–water partition coefficient (Wildman–Crippen LogP) is 4.11. The van der Waals surface area contributed by atoms with Gasteiger partial charge in [-0.15, -0.1) is 0 Å². The van der Waals surface area contributed by atoms with E-state index in [1.165, 1.54) is 6.42 Å². The van der Waals surface area contributed by atoms with Crippen molar-refractivity contribution in [3.05, 3.63) is 23.8 Å². The molecule has 4 rings (SSSR count). The lowest BCUT2D eigenvalue weighted by Crippen LogP contribution is -2.58. The summed E-state index contributed by atoms with van der Waals surface area (Å²) in [6, 6.07) is 6.37. The Morgan fingerprint density at radius 3 is 2.79 bits per heavy atom. The number of rotatable bonds is 5. The van der Waals surface area contributed by atoms with E-state index in [0.29, 0.717) is 18.4 Å². The van der Waals surface area contributed by atoms with Gasteiger partial charge in [-0.05, 0) is 66.5 Å². The third-order valence-electron chi connectivity index (χ3n) is 7.67. The Hall–Kier alpha value is -1.75. The van der Waals surface area contributed by atoms with Crippen molar-refractivity contribution in [1.29, 1.82) is 0 Å². The normalized spacial score (nSPS) is 35.3. The second-order valence-electron chi connectivity index (χ2n) is 9.32. The lowest BCUT2D eigenvalue weighted by atomic mass is 9.59. The number of hydrogen-bond donors (Lipinski definition) is 1. The monoisotopic (exact) mass is 387 g/mol. The van der Waals surface area contributed by atoms with Crippen molar-refractivity contribution in [2.75, 3.05) is 20.3 Å². The fourth-order valence-corrected chi connectivity index (χ4v) is 6.46. The van der Waals surface area contributed by atoms with Crippen LogP contribution in [0.5, 0.6) is 11.5 Å². The Morgan fingerprint density at radius 1 is 1.32 bits per heavy atom. The molecule has 0 radical (unpaired) electrons. The van der Waals surface area contributed by atoms with E-state index in [2.05, 4.69) is 31.3 Å². The van der Waals surface area contributed by atoms with Crippen LogP contribution in [0.1, 0.15) is 58.6 Å². The number of carbonyl (C=O) groups excluding carboxylic acids is 1. The van der Waals surface area contributed by atoms with E-state index >= 15 is 0 Å². The highest BCUT2D eigenvalue weighted by Gasteiger charge is 2.68. The number of fused-ring (bicyclic) bond motifs is 1. The van der Waals surface area contributed by atoms with Gasteiger partial charge in [-0.1, -0.05) is 19.9 Å². The molecule has 2 bridgehead atoms. The number of ether oxygens (including phenoxy) is 3. The van der Waals surface area contributed by atoms with Gasteiger partial charge in [0.1, 0.15) is 0 Å². The van der Waals surface area contributed by atoms with Crippen molar-refractivity contribution in [3.63, 3.8) is 0 Å². The summed E-state index contributed by atoms with van der Waals surface area (Å²) in [6.07, 6.45) is 3.40. The number of hydrogen-bond acceptors (Lipinski definition) is 4. The summed E-state index contributed by atoms with van der Waals surface area (Å²) < 4.78 is 17.6. The van der Waals surface area contributed by atoms with Gasteiger partial charge in [0.2, 0.25) is 5.91 Å². The molecule has 1 amide bonds. The minimum Gasteiger partial charge on any atom is -0.493 e. The zero-order chi connectivity index (χ0) is 20.1. The molecule has 154 valence electrons. The van der Waals surface area contributed by atoms with Gasteiger partial charge in [0.05, 0.1) is 19.8 Å². The second kappa shape index (κ2) is 6.94. The first-order chi connectivity index (χ1) is 13.3. The van der Waals surface area contributed by atoms with Gasteiger partial charge in [-0.2, -0.15) is 0 Å². The van der Waals surface area contributed by atoms with Gasteiger partial charge in [0, 0.05) is 19.6 Å². The van der Waals surface area contributed by atoms with Gasteiger partial charge in [-0.3, -0.25) is 4.79 Å². The van der Waals surface area contributed by atoms with Crippen LogP contribution in [-0.2, 0) is 9.53 Å². The maximum atomic E-state index is 12.0. The van der Waals surface area contributed by atoms with Gasteiger partial charge in [0.15, 0.2) is 11.5 Å². The first kappa shape index (κ1) is 19.6. The Balaban J connectivity index is 1.69. The molecular weight excluding hydrogens is 354 g/mol. The van der Waals surface area contributed by atoms with Crippen LogP contribution in [0.4, 0.5) is 0 Å². The Morgan fingerprint density at radius 2 is 2.11 bits per heavy atom. The highest BCUT2D eigenvalue weighted by atomic mass is 16.5. The SMILES string of the molecule is CCOc1cc([C@H]2OCC[C@@]34C[C@@H](C[C@H]23)C(C)(C)[C@@H]4NC(C)=O)ccc1OC. The average molecular weight is 388 g/mol. The van der Waals surface area contributed by atoms with E-state index in [4.69, 9.17) is 14.2 Å².